The van der Waals surface area contributed by atoms with E-state index >= 15 is 0 Å². The lowest BCUT2D eigenvalue weighted by atomic mass is 10.0. The second-order valence-corrected chi connectivity index (χ2v) is 5.89. The molecule has 2 unspecified atom stereocenters. The predicted molar refractivity (Wildman–Crippen MR) is 86.7 cm³/mol. The first-order chi connectivity index (χ1) is 9.83. The van der Waals surface area contributed by atoms with Gasteiger partial charge in [0.15, 0.2) is 0 Å². The van der Waals surface area contributed by atoms with Crippen molar-refractivity contribution in [3.63, 3.8) is 0 Å². The second-order valence-electron chi connectivity index (χ2n) is 5.89. The van der Waals surface area contributed by atoms with Crippen LogP contribution in [0.5, 0.6) is 0 Å². The number of carbonyl (C=O) groups is 1. The summed E-state index contributed by atoms with van der Waals surface area (Å²) in [4.78, 5) is 12.2. The van der Waals surface area contributed by atoms with Gasteiger partial charge in [-0.25, -0.2) is 0 Å². The minimum atomic E-state index is 0. The number of amides is 1. The Labute approximate surface area is 130 Å². The lowest BCUT2D eigenvalue weighted by molar-refractivity contribution is -0.120. The van der Waals surface area contributed by atoms with Gasteiger partial charge >= 0.3 is 0 Å². The zero-order valence-corrected chi connectivity index (χ0v) is 12.5. The maximum Gasteiger partial charge on any atom is 0.224 e. The number of carbonyl (C=O) groups excluding carboxylic acids is 1. The molecule has 0 spiro atoms. The molecule has 4 rings (SSSR count). The molecule has 0 aromatic heterocycles. The molecular formula is C17H19ClN2O. The summed E-state index contributed by atoms with van der Waals surface area (Å²) in [6, 6.07) is 14.8. The molecule has 21 heavy (non-hydrogen) atoms. The maximum absolute atomic E-state index is 12.2. The quantitative estimate of drug-likeness (QED) is 0.912. The lowest BCUT2D eigenvalue weighted by Gasteiger charge is -2.09. The van der Waals surface area contributed by atoms with Gasteiger partial charge in [0, 0.05) is 19.1 Å². The summed E-state index contributed by atoms with van der Waals surface area (Å²) in [6.07, 6.45) is 0.477. The van der Waals surface area contributed by atoms with Gasteiger partial charge in [-0.3, -0.25) is 4.79 Å². The van der Waals surface area contributed by atoms with Crippen LogP contribution in [0.15, 0.2) is 42.5 Å². The Hall–Kier alpha value is -1.58. The van der Waals surface area contributed by atoms with Crippen LogP contribution in [0.4, 0.5) is 0 Å². The van der Waals surface area contributed by atoms with Crippen molar-refractivity contribution in [3.8, 4) is 0 Å². The molecule has 2 atom stereocenters. The maximum atomic E-state index is 12.2. The SMILES string of the molecule is Cl.O=C(Cc1cccc2ccccc12)NC1C2CNCC21. The molecule has 4 heteroatoms. The molecular weight excluding hydrogens is 284 g/mol. The first kappa shape index (κ1) is 14.4. The van der Waals surface area contributed by atoms with E-state index in [0.717, 1.165) is 18.7 Å². The van der Waals surface area contributed by atoms with Crippen molar-refractivity contribution in [1.82, 2.24) is 10.6 Å². The molecule has 1 aliphatic carbocycles. The zero-order chi connectivity index (χ0) is 13.5. The van der Waals surface area contributed by atoms with Gasteiger partial charge in [-0.05, 0) is 28.2 Å². The molecule has 1 heterocycles. The topological polar surface area (TPSA) is 41.1 Å². The summed E-state index contributed by atoms with van der Waals surface area (Å²) < 4.78 is 0. The molecule has 1 saturated carbocycles. The Morgan fingerprint density at radius 1 is 1.10 bits per heavy atom. The van der Waals surface area contributed by atoms with Crippen molar-refractivity contribution in [2.24, 2.45) is 11.8 Å². The molecule has 0 radical (unpaired) electrons. The van der Waals surface area contributed by atoms with Crippen LogP contribution in [0.1, 0.15) is 5.56 Å². The van der Waals surface area contributed by atoms with E-state index in [2.05, 4.69) is 34.9 Å². The largest absolute Gasteiger partial charge is 0.352 e. The first-order valence-corrected chi connectivity index (χ1v) is 7.29. The van der Waals surface area contributed by atoms with Crippen LogP contribution in [0.25, 0.3) is 10.8 Å². The fourth-order valence-electron chi connectivity index (χ4n) is 3.49. The highest BCUT2D eigenvalue weighted by molar-refractivity contribution is 5.90. The number of piperidine rings is 1. The number of hydrogen-bond donors (Lipinski definition) is 2. The predicted octanol–water partition coefficient (Wildman–Crippen LogP) is 2.14. The van der Waals surface area contributed by atoms with Crippen LogP contribution in [-0.2, 0) is 11.2 Å². The van der Waals surface area contributed by atoms with Crippen molar-refractivity contribution >= 4 is 29.1 Å². The number of halogens is 1. The van der Waals surface area contributed by atoms with E-state index in [-0.39, 0.29) is 18.3 Å². The Kier molecular flexibility index (Phi) is 3.87. The highest BCUT2D eigenvalue weighted by Gasteiger charge is 2.53. The van der Waals surface area contributed by atoms with Crippen molar-refractivity contribution in [1.29, 1.82) is 0 Å². The van der Waals surface area contributed by atoms with Gasteiger partial charge in [0.1, 0.15) is 0 Å². The zero-order valence-electron chi connectivity index (χ0n) is 11.7. The second kappa shape index (κ2) is 5.66. The van der Waals surface area contributed by atoms with Crippen LogP contribution < -0.4 is 10.6 Å². The molecule has 2 aromatic rings. The van der Waals surface area contributed by atoms with E-state index in [1.54, 1.807) is 0 Å². The first-order valence-electron chi connectivity index (χ1n) is 7.29. The van der Waals surface area contributed by atoms with Crippen molar-refractivity contribution < 1.29 is 4.79 Å². The number of rotatable bonds is 3. The summed E-state index contributed by atoms with van der Waals surface area (Å²) in [5.41, 5.74) is 1.12. The molecule has 110 valence electrons. The van der Waals surface area contributed by atoms with Crippen LogP contribution in [0.3, 0.4) is 0 Å². The van der Waals surface area contributed by atoms with Crippen molar-refractivity contribution in [2.75, 3.05) is 13.1 Å². The third kappa shape index (κ3) is 2.63. The van der Waals surface area contributed by atoms with Gasteiger partial charge in [0.2, 0.25) is 5.91 Å². The summed E-state index contributed by atoms with van der Waals surface area (Å²) in [5.74, 6) is 1.50. The van der Waals surface area contributed by atoms with Crippen LogP contribution in [0.2, 0.25) is 0 Å². The van der Waals surface area contributed by atoms with Gasteiger partial charge in [-0.2, -0.15) is 0 Å². The molecule has 1 aliphatic heterocycles. The van der Waals surface area contributed by atoms with Crippen molar-refractivity contribution in [3.05, 3.63) is 48.0 Å². The summed E-state index contributed by atoms with van der Waals surface area (Å²) in [6.45, 7) is 2.12. The summed E-state index contributed by atoms with van der Waals surface area (Å²) >= 11 is 0. The number of benzene rings is 2. The van der Waals surface area contributed by atoms with E-state index in [1.807, 2.05) is 18.2 Å². The fraction of sp³-hybridized carbons (Fsp3) is 0.353. The van der Waals surface area contributed by atoms with Gasteiger partial charge in [-0.15, -0.1) is 12.4 Å². The molecule has 3 nitrogen and oxygen atoms in total. The average molecular weight is 303 g/mol. The van der Waals surface area contributed by atoms with Gasteiger partial charge < -0.3 is 10.6 Å². The van der Waals surface area contributed by atoms with Gasteiger partial charge in [0.25, 0.3) is 0 Å². The molecule has 1 saturated heterocycles. The van der Waals surface area contributed by atoms with E-state index in [9.17, 15) is 4.79 Å². The molecule has 2 fully saturated rings. The van der Waals surface area contributed by atoms with E-state index in [1.165, 1.54) is 10.8 Å². The Bertz CT molecular complexity index is 657. The van der Waals surface area contributed by atoms with Gasteiger partial charge in [0.05, 0.1) is 6.42 Å². The number of nitrogens with one attached hydrogen (secondary N) is 2. The van der Waals surface area contributed by atoms with Crippen LogP contribution in [-0.4, -0.2) is 25.0 Å². The van der Waals surface area contributed by atoms with E-state index in [0.29, 0.717) is 24.3 Å². The van der Waals surface area contributed by atoms with Crippen LogP contribution in [0, 0.1) is 11.8 Å². The molecule has 2 N–H and O–H groups in total. The Morgan fingerprint density at radius 2 is 1.81 bits per heavy atom. The highest BCUT2D eigenvalue weighted by Crippen LogP contribution is 2.41. The molecule has 2 aliphatic rings. The third-order valence-electron chi connectivity index (χ3n) is 4.65. The Balaban J connectivity index is 0.00000132. The third-order valence-corrected chi connectivity index (χ3v) is 4.65. The molecule has 1 amide bonds. The van der Waals surface area contributed by atoms with Crippen molar-refractivity contribution in [2.45, 2.75) is 12.5 Å². The fourth-order valence-corrected chi connectivity index (χ4v) is 3.49. The summed E-state index contributed by atoms with van der Waals surface area (Å²) in [7, 11) is 0. The standard InChI is InChI=1S/C17H18N2O.ClH/c20-16(19-17-14-9-18-10-15(14)17)8-12-6-3-5-11-4-1-2-7-13(11)12;/h1-7,14-15,17-18H,8-10H2,(H,19,20);1H. The monoisotopic (exact) mass is 302 g/mol. The molecule has 2 aromatic carbocycles. The minimum Gasteiger partial charge on any atom is -0.352 e. The highest BCUT2D eigenvalue weighted by atomic mass is 35.5. The minimum absolute atomic E-state index is 0. The average Bonchev–Trinajstić information content (AvgIpc) is 2.90. The lowest BCUT2D eigenvalue weighted by Crippen LogP contribution is -2.33. The van der Waals surface area contributed by atoms with E-state index < -0.39 is 0 Å². The van der Waals surface area contributed by atoms with E-state index in [4.69, 9.17) is 0 Å². The number of hydrogen-bond acceptors (Lipinski definition) is 2. The number of fused-ring (bicyclic) bond motifs is 2. The normalized spacial score (nSPS) is 26.0. The van der Waals surface area contributed by atoms with Gasteiger partial charge in [-0.1, -0.05) is 42.5 Å². The Morgan fingerprint density at radius 3 is 2.62 bits per heavy atom. The summed E-state index contributed by atoms with van der Waals surface area (Å²) in [5, 5.41) is 8.92. The van der Waals surface area contributed by atoms with Crippen LogP contribution >= 0.6 is 12.4 Å². The smallest absolute Gasteiger partial charge is 0.224 e. The molecule has 0 bridgehead atoms.